The summed E-state index contributed by atoms with van der Waals surface area (Å²) in [6.45, 7) is 0. The smallest absolute Gasteiger partial charge is 0.146 e. The quantitative estimate of drug-likeness (QED) is 0.892. The molecule has 1 aliphatic carbocycles. The minimum absolute atomic E-state index is 0.297. The highest BCUT2D eigenvalue weighted by molar-refractivity contribution is 5.48. The fraction of sp³-hybridized carbons (Fsp3) is 0.571. The van der Waals surface area contributed by atoms with Crippen molar-refractivity contribution in [2.75, 3.05) is 19.0 Å². The van der Waals surface area contributed by atoms with Crippen molar-refractivity contribution in [2.24, 2.45) is 0 Å². The molecule has 0 bridgehead atoms. The van der Waals surface area contributed by atoms with Crippen molar-refractivity contribution in [1.82, 2.24) is 5.32 Å². The van der Waals surface area contributed by atoms with Gasteiger partial charge in [-0.05, 0) is 44.9 Å². The third-order valence-corrected chi connectivity index (χ3v) is 3.94. The Morgan fingerprint density at radius 1 is 1.17 bits per heavy atom. The Morgan fingerprint density at radius 2 is 1.83 bits per heavy atom. The van der Waals surface area contributed by atoms with Crippen LogP contribution < -0.4 is 10.2 Å². The van der Waals surface area contributed by atoms with E-state index in [4.69, 9.17) is 0 Å². The lowest BCUT2D eigenvalue weighted by molar-refractivity contribution is 0.350. The lowest BCUT2D eigenvalue weighted by Gasteiger charge is -2.36. The fourth-order valence-corrected chi connectivity index (χ4v) is 2.70. The Kier molecular flexibility index (Phi) is 4.17. The van der Waals surface area contributed by atoms with E-state index in [-0.39, 0.29) is 11.6 Å². The van der Waals surface area contributed by atoms with Crippen LogP contribution in [0.2, 0.25) is 0 Å². The van der Waals surface area contributed by atoms with E-state index in [1.165, 1.54) is 12.1 Å². The van der Waals surface area contributed by atoms with Crippen LogP contribution in [0.15, 0.2) is 18.2 Å². The van der Waals surface area contributed by atoms with Crippen molar-refractivity contribution in [2.45, 2.75) is 37.8 Å². The molecule has 0 heterocycles. The third kappa shape index (κ3) is 2.80. The SMILES string of the molecule is CNC1CCC(N(C)c2cc(F)ccc2F)CC1. The lowest BCUT2D eigenvalue weighted by atomic mass is 9.90. The van der Waals surface area contributed by atoms with E-state index in [1.54, 1.807) is 0 Å². The number of hydrogen-bond donors (Lipinski definition) is 1. The van der Waals surface area contributed by atoms with Gasteiger partial charge in [0.05, 0.1) is 5.69 Å². The summed E-state index contributed by atoms with van der Waals surface area (Å²) in [5, 5.41) is 3.27. The third-order valence-electron chi connectivity index (χ3n) is 3.94. The Bertz CT molecular complexity index is 401. The molecule has 0 atom stereocenters. The zero-order valence-electron chi connectivity index (χ0n) is 10.9. The monoisotopic (exact) mass is 254 g/mol. The van der Waals surface area contributed by atoms with Gasteiger partial charge in [-0.2, -0.15) is 0 Å². The standard InChI is InChI=1S/C14H20F2N2/c1-17-11-4-6-12(7-5-11)18(2)14-9-10(15)3-8-13(14)16/h3,8-9,11-12,17H,4-7H2,1-2H3. The molecule has 2 rings (SSSR count). The van der Waals surface area contributed by atoms with Crippen molar-refractivity contribution in [3.05, 3.63) is 29.8 Å². The molecule has 1 aromatic carbocycles. The summed E-state index contributed by atoms with van der Waals surface area (Å²) in [6, 6.07) is 4.49. The maximum Gasteiger partial charge on any atom is 0.146 e. The average molecular weight is 254 g/mol. The van der Waals surface area contributed by atoms with E-state index >= 15 is 0 Å². The van der Waals surface area contributed by atoms with Gasteiger partial charge in [0.25, 0.3) is 0 Å². The summed E-state index contributed by atoms with van der Waals surface area (Å²) < 4.78 is 26.9. The predicted molar refractivity (Wildman–Crippen MR) is 69.9 cm³/mol. The normalized spacial score (nSPS) is 24.0. The highest BCUT2D eigenvalue weighted by atomic mass is 19.1. The zero-order chi connectivity index (χ0) is 13.1. The van der Waals surface area contributed by atoms with Crippen LogP contribution in [0.25, 0.3) is 0 Å². The molecule has 0 aromatic heterocycles. The molecular weight excluding hydrogens is 234 g/mol. The van der Waals surface area contributed by atoms with Crippen LogP contribution in [0.1, 0.15) is 25.7 Å². The number of nitrogens with one attached hydrogen (secondary N) is 1. The van der Waals surface area contributed by atoms with Gasteiger partial charge in [0.15, 0.2) is 0 Å². The van der Waals surface area contributed by atoms with E-state index in [0.29, 0.717) is 17.8 Å². The number of benzene rings is 1. The Hall–Kier alpha value is -1.16. The van der Waals surface area contributed by atoms with Crippen molar-refractivity contribution in [1.29, 1.82) is 0 Å². The summed E-state index contributed by atoms with van der Waals surface area (Å²) in [5.41, 5.74) is 0.364. The first-order valence-corrected chi connectivity index (χ1v) is 6.47. The van der Waals surface area contributed by atoms with Gasteiger partial charge in [-0.1, -0.05) is 0 Å². The fourth-order valence-electron chi connectivity index (χ4n) is 2.70. The molecule has 0 radical (unpaired) electrons. The molecule has 0 saturated heterocycles. The molecule has 4 heteroatoms. The summed E-state index contributed by atoms with van der Waals surface area (Å²) in [5.74, 6) is -0.739. The number of hydrogen-bond acceptors (Lipinski definition) is 2. The molecule has 100 valence electrons. The van der Waals surface area contributed by atoms with Gasteiger partial charge in [0.1, 0.15) is 11.6 Å². The highest BCUT2D eigenvalue weighted by Gasteiger charge is 2.24. The molecule has 1 N–H and O–H groups in total. The van der Waals surface area contributed by atoms with Gasteiger partial charge < -0.3 is 10.2 Å². The van der Waals surface area contributed by atoms with E-state index in [0.717, 1.165) is 31.7 Å². The molecule has 0 amide bonds. The van der Waals surface area contributed by atoms with Gasteiger partial charge in [-0.3, -0.25) is 0 Å². The Balaban J connectivity index is 2.07. The van der Waals surface area contributed by atoms with Crippen molar-refractivity contribution in [3.8, 4) is 0 Å². The van der Waals surface area contributed by atoms with Crippen LogP contribution in [-0.4, -0.2) is 26.2 Å². The number of nitrogens with zero attached hydrogens (tertiary/aromatic N) is 1. The highest BCUT2D eigenvalue weighted by Crippen LogP contribution is 2.28. The molecule has 0 spiro atoms. The maximum absolute atomic E-state index is 13.7. The number of halogens is 2. The lowest BCUT2D eigenvalue weighted by Crippen LogP contribution is -2.40. The van der Waals surface area contributed by atoms with Gasteiger partial charge in [0.2, 0.25) is 0 Å². The van der Waals surface area contributed by atoms with Crippen molar-refractivity contribution >= 4 is 5.69 Å². The van der Waals surface area contributed by atoms with Crippen LogP contribution >= 0.6 is 0 Å². The minimum Gasteiger partial charge on any atom is -0.369 e. The minimum atomic E-state index is -0.387. The Morgan fingerprint density at radius 3 is 2.44 bits per heavy atom. The summed E-state index contributed by atoms with van der Waals surface area (Å²) in [6.07, 6.45) is 4.20. The second kappa shape index (κ2) is 5.65. The van der Waals surface area contributed by atoms with Crippen molar-refractivity contribution < 1.29 is 8.78 Å². The van der Waals surface area contributed by atoms with Crippen LogP contribution in [0.4, 0.5) is 14.5 Å². The van der Waals surface area contributed by atoms with Gasteiger partial charge >= 0.3 is 0 Å². The van der Waals surface area contributed by atoms with E-state index in [9.17, 15) is 8.78 Å². The first kappa shape index (κ1) is 13.3. The van der Waals surface area contributed by atoms with Gasteiger partial charge in [-0.15, -0.1) is 0 Å². The number of rotatable bonds is 3. The van der Waals surface area contributed by atoms with E-state index in [2.05, 4.69) is 5.32 Å². The predicted octanol–water partition coefficient (Wildman–Crippen LogP) is 2.93. The second-order valence-electron chi connectivity index (χ2n) is 5.00. The van der Waals surface area contributed by atoms with Crippen LogP contribution in [0.3, 0.4) is 0 Å². The summed E-state index contributed by atoms with van der Waals surface area (Å²) >= 11 is 0. The average Bonchev–Trinajstić information content (AvgIpc) is 2.41. The summed E-state index contributed by atoms with van der Waals surface area (Å²) in [7, 11) is 3.82. The largest absolute Gasteiger partial charge is 0.369 e. The van der Waals surface area contributed by atoms with E-state index in [1.807, 2.05) is 19.0 Å². The molecular formula is C14H20F2N2. The van der Waals surface area contributed by atoms with Crippen LogP contribution in [0, 0.1) is 11.6 Å². The first-order chi connectivity index (χ1) is 8.61. The molecule has 18 heavy (non-hydrogen) atoms. The molecule has 1 aromatic rings. The second-order valence-corrected chi connectivity index (χ2v) is 5.00. The number of anilines is 1. The van der Waals surface area contributed by atoms with Crippen LogP contribution in [-0.2, 0) is 0 Å². The molecule has 1 fully saturated rings. The molecule has 0 unspecified atom stereocenters. The maximum atomic E-state index is 13.7. The molecule has 0 aliphatic heterocycles. The topological polar surface area (TPSA) is 15.3 Å². The van der Waals surface area contributed by atoms with Crippen molar-refractivity contribution in [3.63, 3.8) is 0 Å². The molecule has 2 nitrogen and oxygen atoms in total. The molecule has 1 saturated carbocycles. The summed E-state index contributed by atoms with van der Waals surface area (Å²) in [4.78, 5) is 1.88. The Labute approximate surface area is 107 Å². The van der Waals surface area contributed by atoms with E-state index < -0.39 is 0 Å². The van der Waals surface area contributed by atoms with Crippen LogP contribution in [0.5, 0.6) is 0 Å². The molecule has 1 aliphatic rings. The first-order valence-electron chi connectivity index (χ1n) is 6.47. The van der Waals surface area contributed by atoms with Gasteiger partial charge in [0, 0.05) is 25.2 Å². The zero-order valence-corrected chi connectivity index (χ0v) is 10.9. The van der Waals surface area contributed by atoms with Gasteiger partial charge in [-0.25, -0.2) is 8.78 Å².